The first-order valence-corrected chi connectivity index (χ1v) is 6.52. The molecule has 1 aromatic rings. The highest BCUT2D eigenvalue weighted by Crippen LogP contribution is 2.27. The molecule has 0 unspecified atom stereocenters. The monoisotopic (exact) mass is 228 g/mol. The van der Waals surface area contributed by atoms with Gasteiger partial charge in [0.05, 0.1) is 11.6 Å². The van der Waals surface area contributed by atoms with Gasteiger partial charge in [0.1, 0.15) is 0 Å². The average Bonchev–Trinajstić information content (AvgIpc) is 2.90. The molecule has 0 heterocycles. The zero-order chi connectivity index (χ0) is 12.1. The predicted molar refractivity (Wildman–Crippen MR) is 69.4 cm³/mol. The summed E-state index contributed by atoms with van der Waals surface area (Å²) in [6.45, 7) is 3.20. The molecule has 0 bridgehead atoms. The average molecular weight is 228 g/mol. The summed E-state index contributed by atoms with van der Waals surface area (Å²) in [4.78, 5) is 0. The van der Waals surface area contributed by atoms with E-state index in [1.54, 1.807) is 0 Å². The Balaban J connectivity index is 1.82. The molecule has 1 N–H and O–H groups in total. The number of nitrogens with zero attached hydrogens (tertiary/aromatic N) is 1. The molecular weight excluding hydrogens is 208 g/mol. The molecular formula is C15H20N2. The van der Waals surface area contributed by atoms with Crippen molar-refractivity contribution in [2.45, 2.75) is 45.2 Å². The quantitative estimate of drug-likeness (QED) is 0.858. The van der Waals surface area contributed by atoms with Gasteiger partial charge in [-0.05, 0) is 43.4 Å². The number of nitriles is 1. The van der Waals surface area contributed by atoms with Crippen molar-refractivity contribution in [2.24, 2.45) is 5.92 Å². The van der Waals surface area contributed by atoms with Crippen LogP contribution in [0.4, 0.5) is 0 Å². The molecule has 0 aliphatic heterocycles. The third-order valence-electron chi connectivity index (χ3n) is 3.82. The normalized spacial score (nSPS) is 17.9. The van der Waals surface area contributed by atoms with E-state index in [-0.39, 0.29) is 0 Å². The SMILES string of the molecule is C[C@@H](NCc1ccc(C#N)cc1)C1CCCC1. The van der Waals surface area contributed by atoms with Gasteiger partial charge in [-0.25, -0.2) is 0 Å². The van der Waals surface area contributed by atoms with Crippen LogP contribution in [0.5, 0.6) is 0 Å². The maximum atomic E-state index is 8.72. The molecule has 1 saturated carbocycles. The fraction of sp³-hybridized carbons (Fsp3) is 0.533. The summed E-state index contributed by atoms with van der Waals surface area (Å²) in [6, 6.07) is 10.6. The van der Waals surface area contributed by atoms with Crippen molar-refractivity contribution in [2.75, 3.05) is 0 Å². The zero-order valence-electron chi connectivity index (χ0n) is 10.4. The smallest absolute Gasteiger partial charge is 0.0991 e. The highest BCUT2D eigenvalue weighted by molar-refractivity contribution is 5.31. The molecule has 2 rings (SSSR count). The van der Waals surface area contributed by atoms with E-state index in [0.717, 1.165) is 18.0 Å². The Bertz CT molecular complexity index is 382. The lowest BCUT2D eigenvalue weighted by atomic mass is 9.99. The molecule has 90 valence electrons. The lowest BCUT2D eigenvalue weighted by Crippen LogP contribution is -2.31. The van der Waals surface area contributed by atoms with Crippen LogP contribution in [0.2, 0.25) is 0 Å². The van der Waals surface area contributed by atoms with Crippen molar-refractivity contribution < 1.29 is 0 Å². The van der Waals surface area contributed by atoms with Gasteiger partial charge >= 0.3 is 0 Å². The third kappa shape index (κ3) is 3.31. The van der Waals surface area contributed by atoms with E-state index >= 15 is 0 Å². The van der Waals surface area contributed by atoms with Crippen LogP contribution in [0, 0.1) is 17.2 Å². The van der Waals surface area contributed by atoms with Gasteiger partial charge in [-0.1, -0.05) is 25.0 Å². The Hall–Kier alpha value is -1.33. The number of hydrogen-bond acceptors (Lipinski definition) is 2. The Morgan fingerprint density at radius 2 is 1.94 bits per heavy atom. The van der Waals surface area contributed by atoms with Crippen LogP contribution < -0.4 is 5.32 Å². The molecule has 0 spiro atoms. The molecule has 1 fully saturated rings. The van der Waals surface area contributed by atoms with E-state index in [1.165, 1.54) is 31.2 Å². The van der Waals surface area contributed by atoms with Gasteiger partial charge in [-0.2, -0.15) is 5.26 Å². The number of rotatable bonds is 4. The molecule has 2 nitrogen and oxygen atoms in total. The van der Waals surface area contributed by atoms with Gasteiger partial charge in [0.2, 0.25) is 0 Å². The number of nitrogens with one attached hydrogen (secondary N) is 1. The fourth-order valence-electron chi connectivity index (χ4n) is 2.60. The summed E-state index contributed by atoms with van der Waals surface area (Å²) in [6.07, 6.45) is 5.55. The van der Waals surface area contributed by atoms with Gasteiger partial charge in [0.25, 0.3) is 0 Å². The summed E-state index contributed by atoms with van der Waals surface area (Å²) in [5.41, 5.74) is 1.99. The molecule has 0 amide bonds. The van der Waals surface area contributed by atoms with Crippen LogP contribution in [0.1, 0.15) is 43.7 Å². The molecule has 1 aliphatic carbocycles. The molecule has 2 heteroatoms. The second-order valence-electron chi connectivity index (χ2n) is 5.02. The van der Waals surface area contributed by atoms with Crippen molar-refractivity contribution in [1.82, 2.24) is 5.32 Å². The molecule has 17 heavy (non-hydrogen) atoms. The van der Waals surface area contributed by atoms with E-state index in [4.69, 9.17) is 5.26 Å². The van der Waals surface area contributed by atoms with Gasteiger partial charge < -0.3 is 5.32 Å². The second kappa shape index (κ2) is 5.84. The summed E-state index contributed by atoms with van der Waals surface area (Å²) in [7, 11) is 0. The fourth-order valence-corrected chi connectivity index (χ4v) is 2.60. The van der Waals surface area contributed by atoms with Crippen LogP contribution in [-0.4, -0.2) is 6.04 Å². The molecule has 1 atom stereocenters. The van der Waals surface area contributed by atoms with Crippen LogP contribution in [0.25, 0.3) is 0 Å². The lowest BCUT2D eigenvalue weighted by Gasteiger charge is -2.20. The topological polar surface area (TPSA) is 35.8 Å². The minimum atomic E-state index is 0.605. The first-order valence-electron chi connectivity index (χ1n) is 6.52. The van der Waals surface area contributed by atoms with Crippen molar-refractivity contribution in [1.29, 1.82) is 5.26 Å². The van der Waals surface area contributed by atoms with Gasteiger partial charge in [0.15, 0.2) is 0 Å². The van der Waals surface area contributed by atoms with Crippen molar-refractivity contribution in [3.05, 3.63) is 35.4 Å². The summed E-state index contributed by atoms with van der Waals surface area (Å²) < 4.78 is 0. The Kier molecular flexibility index (Phi) is 4.17. The Morgan fingerprint density at radius 1 is 1.29 bits per heavy atom. The Morgan fingerprint density at radius 3 is 2.53 bits per heavy atom. The number of hydrogen-bond donors (Lipinski definition) is 1. The van der Waals surface area contributed by atoms with Crippen LogP contribution >= 0.6 is 0 Å². The molecule has 1 aliphatic rings. The molecule has 0 radical (unpaired) electrons. The predicted octanol–water partition coefficient (Wildman–Crippen LogP) is 3.23. The Labute approximate surface area is 104 Å². The summed E-state index contributed by atoms with van der Waals surface area (Å²) in [5.74, 6) is 0.855. The maximum Gasteiger partial charge on any atom is 0.0991 e. The lowest BCUT2D eigenvalue weighted by molar-refractivity contribution is 0.380. The second-order valence-corrected chi connectivity index (χ2v) is 5.02. The van der Waals surface area contributed by atoms with E-state index in [9.17, 15) is 0 Å². The first kappa shape index (κ1) is 12.1. The van der Waals surface area contributed by atoms with E-state index in [2.05, 4.69) is 18.3 Å². The molecule has 1 aromatic carbocycles. The van der Waals surface area contributed by atoms with Gasteiger partial charge in [-0.3, -0.25) is 0 Å². The maximum absolute atomic E-state index is 8.72. The highest BCUT2D eigenvalue weighted by atomic mass is 14.9. The van der Waals surface area contributed by atoms with E-state index < -0.39 is 0 Å². The minimum absolute atomic E-state index is 0.605. The van der Waals surface area contributed by atoms with Crippen LogP contribution in [-0.2, 0) is 6.54 Å². The summed E-state index contributed by atoms with van der Waals surface area (Å²) >= 11 is 0. The largest absolute Gasteiger partial charge is 0.310 e. The van der Waals surface area contributed by atoms with Gasteiger partial charge in [0, 0.05) is 12.6 Å². The standard InChI is InChI=1S/C15H20N2/c1-12(15-4-2-3-5-15)17-11-14-8-6-13(10-16)7-9-14/h6-9,12,15,17H,2-5,11H2,1H3/t12-/m1/s1. The summed E-state index contributed by atoms with van der Waals surface area (Å²) in [5, 5.41) is 12.3. The van der Waals surface area contributed by atoms with Crippen LogP contribution in [0.15, 0.2) is 24.3 Å². The third-order valence-corrected chi connectivity index (χ3v) is 3.82. The van der Waals surface area contributed by atoms with E-state index in [0.29, 0.717) is 6.04 Å². The molecule has 0 aromatic heterocycles. The first-order chi connectivity index (χ1) is 8.29. The van der Waals surface area contributed by atoms with Crippen molar-refractivity contribution in [3.8, 4) is 6.07 Å². The van der Waals surface area contributed by atoms with Crippen molar-refractivity contribution in [3.63, 3.8) is 0 Å². The number of benzene rings is 1. The van der Waals surface area contributed by atoms with Crippen molar-refractivity contribution >= 4 is 0 Å². The van der Waals surface area contributed by atoms with Crippen LogP contribution in [0.3, 0.4) is 0 Å². The highest BCUT2D eigenvalue weighted by Gasteiger charge is 2.20. The zero-order valence-corrected chi connectivity index (χ0v) is 10.4. The van der Waals surface area contributed by atoms with E-state index in [1.807, 2.05) is 24.3 Å². The van der Waals surface area contributed by atoms with Gasteiger partial charge in [-0.15, -0.1) is 0 Å². The molecule has 0 saturated heterocycles. The minimum Gasteiger partial charge on any atom is -0.310 e.